The minimum Gasteiger partial charge on any atom is -0.494 e. The molecule has 0 bridgehead atoms. The molecule has 0 saturated carbocycles. The summed E-state index contributed by atoms with van der Waals surface area (Å²) in [5.74, 6) is 1.37. The van der Waals surface area contributed by atoms with Crippen LogP contribution in [0.1, 0.15) is 6.42 Å². The number of nitrogens with one attached hydrogen (secondary N) is 1. The van der Waals surface area contributed by atoms with Gasteiger partial charge in [0.2, 0.25) is 5.95 Å². The van der Waals surface area contributed by atoms with Crippen LogP contribution >= 0.6 is 0 Å². The van der Waals surface area contributed by atoms with Gasteiger partial charge in [-0.15, -0.1) is 0 Å². The Kier molecular flexibility index (Phi) is 5.68. The number of nitro benzene ring substituents is 1. The average Bonchev–Trinajstić information content (AvgIpc) is 3.56. The Labute approximate surface area is 214 Å². The van der Waals surface area contributed by atoms with Gasteiger partial charge >= 0.3 is 0 Å². The van der Waals surface area contributed by atoms with Gasteiger partial charge in [-0.25, -0.2) is 9.97 Å². The number of likely N-dealkylation sites (N-methyl/N-ethyl adjacent to an activating group) is 1. The maximum atomic E-state index is 12.2. The van der Waals surface area contributed by atoms with Crippen molar-refractivity contribution in [3.05, 3.63) is 65.0 Å². The molecule has 2 aliphatic rings. The Bertz CT molecular complexity index is 1500. The summed E-state index contributed by atoms with van der Waals surface area (Å²) in [5.41, 5.74) is 3.95. The number of ether oxygens (including phenoxy) is 1. The lowest BCUT2D eigenvalue weighted by molar-refractivity contribution is -0.384. The standard InChI is InChI=1S/C27H29N7O3/c1-31-14-17-9-11-33(25(17)16-31)23-13-26(37-3)21(12-24(23)34(35)36)30-27-28-10-8-20(29-27)19-15-32(2)22-7-5-4-6-18(19)22/h4-8,10,12-13,15,17,25H,9,11,14,16H2,1-3H3,(H,28,29,30)/t17-,25+/m1/s1. The van der Waals surface area contributed by atoms with Crippen molar-refractivity contribution in [1.29, 1.82) is 0 Å². The molecular formula is C27H29N7O3. The third-order valence-corrected chi connectivity index (χ3v) is 7.61. The fraction of sp³-hybridized carbons (Fsp3) is 0.333. The highest BCUT2D eigenvalue weighted by molar-refractivity contribution is 5.95. The lowest BCUT2D eigenvalue weighted by Crippen LogP contribution is -2.34. The molecule has 2 saturated heterocycles. The number of anilines is 3. The number of hydrogen-bond acceptors (Lipinski definition) is 8. The highest BCUT2D eigenvalue weighted by Gasteiger charge is 2.42. The molecular weight excluding hydrogens is 470 g/mol. The van der Waals surface area contributed by atoms with Crippen LogP contribution in [0, 0.1) is 16.0 Å². The molecule has 0 unspecified atom stereocenters. The van der Waals surface area contributed by atoms with E-state index in [9.17, 15) is 10.1 Å². The molecule has 2 atom stereocenters. The van der Waals surface area contributed by atoms with Gasteiger partial charge in [0.25, 0.3) is 5.69 Å². The molecule has 0 amide bonds. The maximum Gasteiger partial charge on any atom is 0.294 e. The van der Waals surface area contributed by atoms with E-state index >= 15 is 0 Å². The second kappa shape index (κ2) is 9.04. The number of methoxy groups -OCH3 is 1. The maximum absolute atomic E-state index is 12.2. The molecule has 2 aromatic heterocycles. The summed E-state index contributed by atoms with van der Waals surface area (Å²) in [5, 5.41) is 16.4. The Hall–Kier alpha value is -4.18. The molecule has 4 aromatic rings. The number of aryl methyl sites for hydroxylation is 1. The Morgan fingerprint density at radius 3 is 2.81 bits per heavy atom. The quantitative estimate of drug-likeness (QED) is 0.307. The smallest absolute Gasteiger partial charge is 0.294 e. The van der Waals surface area contributed by atoms with Gasteiger partial charge in [0, 0.05) is 73.7 Å². The molecule has 190 valence electrons. The van der Waals surface area contributed by atoms with Crippen molar-refractivity contribution in [1.82, 2.24) is 19.4 Å². The summed E-state index contributed by atoms with van der Waals surface area (Å²) in [6, 6.07) is 13.6. The first-order valence-corrected chi connectivity index (χ1v) is 12.4. The van der Waals surface area contributed by atoms with E-state index in [1.807, 2.05) is 31.4 Å². The lowest BCUT2D eigenvalue weighted by atomic mass is 10.0. The zero-order valence-electron chi connectivity index (χ0n) is 21.1. The number of hydrogen-bond donors (Lipinski definition) is 1. The van der Waals surface area contributed by atoms with Crippen LogP contribution in [0.25, 0.3) is 22.2 Å². The first-order chi connectivity index (χ1) is 17.9. The normalized spacial score (nSPS) is 19.4. The van der Waals surface area contributed by atoms with E-state index in [1.165, 1.54) is 6.07 Å². The summed E-state index contributed by atoms with van der Waals surface area (Å²) < 4.78 is 7.75. The zero-order valence-corrected chi connectivity index (χ0v) is 21.1. The zero-order chi connectivity index (χ0) is 25.7. The van der Waals surface area contributed by atoms with Crippen LogP contribution < -0.4 is 15.0 Å². The van der Waals surface area contributed by atoms with Gasteiger partial charge < -0.3 is 24.4 Å². The SMILES string of the molecule is COc1cc(N2CC[C@@H]3CN(C)C[C@@H]32)c([N+](=O)[O-])cc1Nc1nccc(-c2cn(C)c3ccccc23)n1. The molecule has 10 heteroatoms. The first-order valence-electron chi connectivity index (χ1n) is 12.4. The third-order valence-electron chi connectivity index (χ3n) is 7.61. The van der Waals surface area contributed by atoms with Gasteiger partial charge in [0.1, 0.15) is 11.4 Å². The fourth-order valence-corrected chi connectivity index (χ4v) is 5.91. The van der Waals surface area contributed by atoms with Crippen molar-refractivity contribution in [2.24, 2.45) is 13.0 Å². The number of nitrogens with zero attached hydrogens (tertiary/aromatic N) is 6. The second-order valence-corrected chi connectivity index (χ2v) is 9.89. The monoisotopic (exact) mass is 499 g/mol. The van der Waals surface area contributed by atoms with Crippen molar-refractivity contribution in [2.75, 3.05) is 44.0 Å². The van der Waals surface area contributed by atoms with E-state index in [0.717, 1.165) is 48.2 Å². The van der Waals surface area contributed by atoms with Gasteiger partial charge in [-0.3, -0.25) is 10.1 Å². The van der Waals surface area contributed by atoms with Crippen LogP contribution in [-0.2, 0) is 7.05 Å². The fourth-order valence-electron chi connectivity index (χ4n) is 5.91. The van der Waals surface area contributed by atoms with E-state index in [4.69, 9.17) is 9.72 Å². The Morgan fingerprint density at radius 2 is 2.00 bits per heavy atom. The summed E-state index contributed by atoms with van der Waals surface area (Å²) >= 11 is 0. The average molecular weight is 500 g/mol. The van der Waals surface area contributed by atoms with Crippen LogP contribution in [-0.4, -0.2) is 64.2 Å². The van der Waals surface area contributed by atoms with Crippen molar-refractivity contribution in [3.63, 3.8) is 0 Å². The van der Waals surface area contributed by atoms with Gasteiger partial charge in [-0.1, -0.05) is 18.2 Å². The Balaban J connectivity index is 1.36. The number of nitro groups is 1. The highest BCUT2D eigenvalue weighted by atomic mass is 16.6. The van der Waals surface area contributed by atoms with Crippen molar-refractivity contribution < 1.29 is 9.66 Å². The predicted molar refractivity (Wildman–Crippen MR) is 144 cm³/mol. The van der Waals surface area contributed by atoms with Crippen LogP contribution in [0.3, 0.4) is 0 Å². The van der Waals surface area contributed by atoms with Crippen LogP contribution in [0.5, 0.6) is 5.75 Å². The molecule has 2 aliphatic heterocycles. The number of likely N-dealkylation sites (tertiary alicyclic amines) is 1. The molecule has 4 heterocycles. The third kappa shape index (κ3) is 4.03. The number of aromatic nitrogens is 3. The summed E-state index contributed by atoms with van der Waals surface area (Å²) in [6.45, 7) is 2.73. The summed E-state index contributed by atoms with van der Waals surface area (Å²) in [7, 11) is 5.68. The molecule has 1 N–H and O–H groups in total. The van der Waals surface area contributed by atoms with Gasteiger partial charge in [0.15, 0.2) is 0 Å². The lowest BCUT2D eigenvalue weighted by Gasteiger charge is -2.27. The van der Waals surface area contributed by atoms with Crippen LogP contribution in [0.15, 0.2) is 54.9 Å². The molecule has 0 radical (unpaired) electrons. The van der Waals surface area contributed by atoms with E-state index in [2.05, 4.69) is 43.8 Å². The largest absolute Gasteiger partial charge is 0.494 e. The van der Waals surface area contributed by atoms with Gasteiger partial charge in [-0.05, 0) is 31.5 Å². The first kappa shape index (κ1) is 23.2. The molecule has 10 nitrogen and oxygen atoms in total. The van der Waals surface area contributed by atoms with Gasteiger partial charge in [-0.2, -0.15) is 0 Å². The van der Waals surface area contributed by atoms with Crippen LogP contribution in [0.2, 0.25) is 0 Å². The molecule has 6 rings (SSSR count). The van der Waals surface area contributed by atoms with E-state index < -0.39 is 0 Å². The highest BCUT2D eigenvalue weighted by Crippen LogP contribution is 2.44. The Morgan fingerprint density at radius 1 is 1.16 bits per heavy atom. The molecule has 37 heavy (non-hydrogen) atoms. The predicted octanol–water partition coefficient (Wildman–Crippen LogP) is 4.44. The molecule has 0 aliphatic carbocycles. The summed E-state index contributed by atoms with van der Waals surface area (Å²) in [4.78, 5) is 25.4. The van der Waals surface area contributed by atoms with E-state index in [-0.39, 0.29) is 16.7 Å². The van der Waals surface area contributed by atoms with Crippen molar-refractivity contribution in [3.8, 4) is 17.0 Å². The minimum atomic E-state index is -0.320. The van der Waals surface area contributed by atoms with Crippen molar-refractivity contribution >= 4 is 33.9 Å². The second-order valence-electron chi connectivity index (χ2n) is 9.89. The number of benzene rings is 2. The topological polar surface area (TPSA) is 102 Å². The van der Waals surface area contributed by atoms with Gasteiger partial charge in [0.05, 0.1) is 23.4 Å². The van der Waals surface area contributed by atoms with E-state index in [0.29, 0.717) is 29.0 Å². The van der Waals surface area contributed by atoms with Crippen LogP contribution in [0.4, 0.5) is 23.0 Å². The van der Waals surface area contributed by atoms with E-state index in [1.54, 1.807) is 19.4 Å². The molecule has 2 fully saturated rings. The number of fused-ring (bicyclic) bond motifs is 2. The summed E-state index contributed by atoms with van der Waals surface area (Å²) in [6.07, 6.45) is 4.76. The minimum absolute atomic E-state index is 0.0451. The number of rotatable bonds is 6. The molecule has 0 spiro atoms. The molecule has 2 aromatic carbocycles. The number of para-hydroxylation sites is 1. The van der Waals surface area contributed by atoms with Crippen molar-refractivity contribution in [2.45, 2.75) is 12.5 Å².